The van der Waals surface area contributed by atoms with Crippen LogP contribution in [0.4, 0.5) is 16.2 Å². The Kier molecular flexibility index (Phi) is 4.36. The Labute approximate surface area is 112 Å². The molecule has 0 aliphatic carbocycles. The molecule has 98 valence electrons. The van der Waals surface area contributed by atoms with Gasteiger partial charge in [-0.1, -0.05) is 13.0 Å². The molecule has 0 spiro atoms. The molecule has 1 heterocycles. The third-order valence-corrected chi connectivity index (χ3v) is 4.47. The number of hydrogen-bond donors (Lipinski definition) is 3. The van der Waals surface area contributed by atoms with Crippen molar-refractivity contribution in [2.75, 3.05) is 16.4 Å². The molecule has 2 amide bonds. The first-order valence-electron chi connectivity index (χ1n) is 6.20. The first-order valence-corrected chi connectivity index (χ1v) is 7.24. The summed E-state index contributed by atoms with van der Waals surface area (Å²) in [6.45, 7) is 2.26. The van der Waals surface area contributed by atoms with Crippen LogP contribution in [0.1, 0.15) is 19.8 Å². The van der Waals surface area contributed by atoms with Gasteiger partial charge in [0.05, 0.1) is 0 Å². The number of primary amides is 1. The van der Waals surface area contributed by atoms with Crippen LogP contribution in [-0.4, -0.2) is 23.1 Å². The summed E-state index contributed by atoms with van der Waals surface area (Å²) in [7, 11) is 0. The highest BCUT2D eigenvalue weighted by Crippen LogP contribution is 2.28. The lowest BCUT2D eigenvalue weighted by molar-refractivity contribution is 0.259. The van der Waals surface area contributed by atoms with Crippen LogP contribution in [-0.2, 0) is 0 Å². The molecule has 0 radical (unpaired) electrons. The van der Waals surface area contributed by atoms with Crippen molar-refractivity contribution in [1.82, 2.24) is 0 Å². The van der Waals surface area contributed by atoms with Gasteiger partial charge in [-0.25, -0.2) is 4.79 Å². The van der Waals surface area contributed by atoms with E-state index in [-0.39, 0.29) is 0 Å². The summed E-state index contributed by atoms with van der Waals surface area (Å²) < 4.78 is 0. The molecule has 0 saturated carbocycles. The highest BCUT2D eigenvalue weighted by Gasteiger charge is 2.21. The number of benzene rings is 1. The van der Waals surface area contributed by atoms with Crippen LogP contribution in [0.15, 0.2) is 24.3 Å². The van der Waals surface area contributed by atoms with Crippen molar-refractivity contribution in [3.8, 4) is 0 Å². The molecule has 5 heteroatoms. The number of amides is 2. The third kappa shape index (κ3) is 3.57. The number of anilines is 2. The van der Waals surface area contributed by atoms with Gasteiger partial charge in [0.25, 0.3) is 0 Å². The van der Waals surface area contributed by atoms with Gasteiger partial charge in [-0.15, -0.1) is 0 Å². The SMILES string of the molecule is CC1SCCCC1Nc1cccc(NC(N)=O)c1. The second-order valence-electron chi connectivity index (χ2n) is 4.54. The highest BCUT2D eigenvalue weighted by atomic mass is 32.2. The number of urea groups is 1. The van der Waals surface area contributed by atoms with Gasteiger partial charge >= 0.3 is 6.03 Å². The number of thioether (sulfide) groups is 1. The van der Waals surface area contributed by atoms with Crippen molar-refractivity contribution < 1.29 is 4.79 Å². The molecule has 1 fully saturated rings. The summed E-state index contributed by atoms with van der Waals surface area (Å²) in [6.07, 6.45) is 2.45. The molecule has 2 atom stereocenters. The Hall–Kier alpha value is -1.36. The van der Waals surface area contributed by atoms with E-state index in [2.05, 4.69) is 17.6 Å². The third-order valence-electron chi connectivity index (χ3n) is 3.09. The van der Waals surface area contributed by atoms with Crippen LogP contribution in [0, 0.1) is 0 Å². The molecule has 1 aliphatic heterocycles. The fourth-order valence-electron chi connectivity index (χ4n) is 2.16. The van der Waals surface area contributed by atoms with E-state index in [1.165, 1.54) is 18.6 Å². The first kappa shape index (κ1) is 13.1. The largest absolute Gasteiger partial charge is 0.381 e. The van der Waals surface area contributed by atoms with Gasteiger partial charge in [0.1, 0.15) is 0 Å². The molecule has 0 aromatic heterocycles. The van der Waals surface area contributed by atoms with Gasteiger partial charge in [-0.3, -0.25) is 0 Å². The van der Waals surface area contributed by atoms with Gasteiger partial charge in [0.2, 0.25) is 0 Å². The lowest BCUT2D eigenvalue weighted by Gasteiger charge is -2.30. The number of carbonyl (C=O) groups is 1. The molecule has 4 N–H and O–H groups in total. The van der Waals surface area contributed by atoms with Crippen molar-refractivity contribution in [2.24, 2.45) is 5.73 Å². The van der Waals surface area contributed by atoms with E-state index in [0.717, 1.165) is 11.4 Å². The van der Waals surface area contributed by atoms with Crippen molar-refractivity contribution in [3.63, 3.8) is 0 Å². The maximum Gasteiger partial charge on any atom is 0.316 e. The Morgan fingerprint density at radius 2 is 2.22 bits per heavy atom. The van der Waals surface area contributed by atoms with Gasteiger partial charge in [0.15, 0.2) is 0 Å². The van der Waals surface area contributed by atoms with E-state index in [0.29, 0.717) is 11.3 Å². The molecule has 0 bridgehead atoms. The van der Waals surface area contributed by atoms with Crippen LogP contribution in [0.5, 0.6) is 0 Å². The lowest BCUT2D eigenvalue weighted by Crippen LogP contribution is -2.32. The summed E-state index contributed by atoms with van der Waals surface area (Å²) >= 11 is 2.01. The number of carbonyl (C=O) groups excluding carboxylic acids is 1. The van der Waals surface area contributed by atoms with E-state index in [9.17, 15) is 4.79 Å². The minimum absolute atomic E-state index is 0.493. The minimum Gasteiger partial charge on any atom is -0.381 e. The molecule has 1 aromatic rings. The van der Waals surface area contributed by atoms with E-state index in [1.54, 1.807) is 0 Å². The number of nitrogens with two attached hydrogens (primary N) is 1. The smallest absolute Gasteiger partial charge is 0.316 e. The molecular weight excluding hydrogens is 246 g/mol. The second kappa shape index (κ2) is 6.00. The number of nitrogens with one attached hydrogen (secondary N) is 2. The maximum absolute atomic E-state index is 10.8. The quantitative estimate of drug-likeness (QED) is 0.787. The second-order valence-corrected chi connectivity index (χ2v) is 6.02. The van der Waals surface area contributed by atoms with Crippen LogP contribution in [0.3, 0.4) is 0 Å². The zero-order chi connectivity index (χ0) is 13.0. The standard InChI is InChI=1S/C13H19N3OS/c1-9-12(6-3-7-18-9)15-10-4-2-5-11(8-10)16-13(14)17/h2,4-5,8-9,12,15H,3,6-7H2,1H3,(H3,14,16,17). The topological polar surface area (TPSA) is 67.2 Å². The zero-order valence-corrected chi connectivity index (χ0v) is 11.3. The predicted molar refractivity (Wildman–Crippen MR) is 78.2 cm³/mol. The Morgan fingerprint density at radius 3 is 2.94 bits per heavy atom. The Morgan fingerprint density at radius 1 is 1.44 bits per heavy atom. The summed E-state index contributed by atoms with van der Waals surface area (Å²) in [5, 5.41) is 6.74. The van der Waals surface area contributed by atoms with Gasteiger partial charge in [-0.2, -0.15) is 11.8 Å². The highest BCUT2D eigenvalue weighted by molar-refractivity contribution is 8.00. The van der Waals surface area contributed by atoms with Crippen LogP contribution >= 0.6 is 11.8 Å². The minimum atomic E-state index is -0.534. The molecule has 18 heavy (non-hydrogen) atoms. The lowest BCUT2D eigenvalue weighted by atomic mass is 10.1. The van der Waals surface area contributed by atoms with Gasteiger partial charge in [-0.05, 0) is 36.8 Å². The van der Waals surface area contributed by atoms with Crippen LogP contribution in [0.25, 0.3) is 0 Å². The van der Waals surface area contributed by atoms with Gasteiger partial charge in [0, 0.05) is 22.7 Å². The van der Waals surface area contributed by atoms with Crippen molar-refractivity contribution in [1.29, 1.82) is 0 Å². The fourth-order valence-corrected chi connectivity index (χ4v) is 3.30. The average Bonchev–Trinajstić information content (AvgIpc) is 2.32. The van der Waals surface area contributed by atoms with Crippen molar-refractivity contribution >= 4 is 29.2 Å². The summed E-state index contributed by atoms with van der Waals surface area (Å²) in [5.41, 5.74) is 6.86. The van der Waals surface area contributed by atoms with E-state index >= 15 is 0 Å². The van der Waals surface area contributed by atoms with Crippen molar-refractivity contribution in [2.45, 2.75) is 31.1 Å². The predicted octanol–water partition coefficient (Wildman–Crippen LogP) is 2.87. The monoisotopic (exact) mass is 265 g/mol. The zero-order valence-electron chi connectivity index (χ0n) is 10.5. The van der Waals surface area contributed by atoms with E-state index in [1.807, 2.05) is 36.0 Å². The molecule has 2 unspecified atom stereocenters. The molecular formula is C13H19N3OS. The molecule has 1 saturated heterocycles. The van der Waals surface area contributed by atoms with Crippen LogP contribution in [0.2, 0.25) is 0 Å². The van der Waals surface area contributed by atoms with Crippen LogP contribution < -0.4 is 16.4 Å². The number of hydrogen-bond acceptors (Lipinski definition) is 3. The summed E-state index contributed by atoms with van der Waals surface area (Å²) in [4.78, 5) is 10.8. The fraction of sp³-hybridized carbons (Fsp3) is 0.462. The summed E-state index contributed by atoms with van der Waals surface area (Å²) in [5.74, 6) is 1.25. The first-order chi connectivity index (χ1) is 8.65. The summed E-state index contributed by atoms with van der Waals surface area (Å²) in [6, 6.07) is 7.62. The van der Waals surface area contributed by atoms with Crippen molar-refractivity contribution in [3.05, 3.63) is 24.3 Å². The van der Waals surface area contributed by atoms with E-state index in [4.69, 9.17) is 5.73 Å². The number of rotatable bonds is 3. The molecule has 1 aromatic carbocycles. The molecule has 4 nitrogen and oxygen atoms in total. The van der Waals surface area contributed by atoms with E-state index < -0.39 is 6.03 Å². The Bertz CT molecular complexity index is 424. The van der Waals surface area contributed by atoms with Gasteiger partial charge < -0.3 is 16.4 Å². The maximum atomic E-state index is 10.8. The molecule has 1 aliphatic rings. The normalized spacial score (nSPS) is 23.4. The average molecular weight is 265 g/mol. The molecule has 2 rings (SSSR count). The Balaban J connectivity index is 2.02.